The quantitative estimate of drug-likeness (QED) is 0.797. The summed E-state index contributed by atoms with van der Waals surface area (Å²) in [6.07, 6.45) is 4.71. The van der Waals surface area contributed by atoms with E-state index in [1.807, 2.05) is 7.05 Å². The van der Waals surface area contributed by atoms with E-state index >= 15 is 0 Å². The van der Waals surface area contributed by atoms with E-state index in [9.17, 15) is 4.79 Å². The molecule has 1 amide bonds. The molecular formula is C11H18N4O2. The Hall–Kier alpha value is -1.40. The Balaban J connectivity index is 2.00. The molecule has 94 valence electrons. The molecule has 0 saturated carbocycles. The largest absolute Gasteiger partial charge is 0.364 e. The summed E-state index contributed by atoms with van der Waals surface area (Å²) in [5.74, 6) is -0.0334. The fraction of sp³-hybridized carbons (Fsp3) is 0.636. The standard InChI is InChI=1S/C11H18N4O2/c1-14-7-8(6-13-14)15(2)11(16)10-4-3-9(5-12)17-10/h6-7,9-10H,3-5,12H2,1-2H3/t9-,10+/m1/s1. The number of aromatic nitrogens is 2. The van der Waals surface area contributed by atoms with Gasteiger partial charge in [0, 0.05) is 26.8 Å². The Morgan fingerprint density at radius 3 is 3.00 bits per heavy atom. The highest BCUT2D eigenvalue weighted by molar-refractivity contribution is 5.96. The van der Waals surface area contributed by atoms with Crippen molar-refractivity contribution in [2.24, 2.45) is 12.8 Å². The van der Waals surface area contributed by atoms with E-state index in [1.165, 1.54) is 0 Å². The summed E-state index contributed by atoms with van der Waals surface area (Å²) < 4.78 is 7.24. The summed E-state index contributed by atoms with van der Waals surface area (Å²) in [7, 11) is 3.55. The van der Waals surface area contributed by atoms with Gasteiger partial charge in [-0.3, -0.25) is 9.48 Å². The number of carbonyl (C=O) groups excluding carboxylic acids is 1. The summed E-state index contributed by atoms with van der Waals surface area (Å²) in [6, 6.07) is 0. The fourth-order valence-corrected chi connectivity index (χ4v) is 1.99. The first-order chi connectivity index (χ1) is 8.11. The van der Waals surface area contributed by atoms with Gasteiger partial charge in [-0.1, -0.05) is 0 Å². The maximum Gasteiger partial charge on any atom is 0.255 e. The molecule has 2 heterocycles. The van der Waals surface area contributed by atoms with Crippen LogP contribution in [0.5, 0.6) is 0 Å². The van der Waals surface area contributed by atoms with Crippen LogP contribution in [0.1, 0.15) is 12.8 Å². The van der Waals surface area contributed by atoms with E-state index in [1.54, 1.807) is 29.0 Å². The van der Waals surface area contributed by atoms with Crippen LogP contribution in [0.4, 0.5) is 5.69 Å². The van der Waals surface area contributed by atoms with Crippen molar-refractivity contribution in [2.45, 2.75) is 25.0 Å². The second kappa shape index (κ2) is 4.85. The van der Waals surface area contributed by atoms with Gasteiger partial charge >= 0.3 is 0 Å². The zero-order valence-electron chi connectivity index (χ0n) is 10.2. The Kier molecular flexibility index (Phi) is 3.44. The van der Waals surface area contributed by atoms with Crippen molar-refractivity contribution in [1.29, 1.82) is 0 Å². The molecule has 6 heteroatoms. The van der Waals surface area contributed by atoms with Crippen LogP contribution in [0.2, 0.25) is 0 Å². The lowest BCUT2D eigenvalue weighted by molar-refractivity contribution is -0.128. The number of carbonyl (C=O) groups is 1. The molecule has 0 radical (unpaired) electrons. The van der Waals surface area contributed by atoms with Crippen molar-refractivity contribution in [2.75, 3.05) is 18.5 Å². The number of ether oxygens (including phenoxy) is 1. The van der Waals surface area contributed by atoms with E-state index in [0.717, 1.165) is 18.5 Å². The summed E-state index contributed by atoms with van der Waals surface area (Å²) in [6.45, 7) is 0.473. The molecule has 1 aromatic rings. The Morgan fingerprint density at radius 2 is 2.47 bits per heavy atom. The van der Waals surface area contributed by atoms with Crippen LogP contribution in [0, 0.1) is 0 Å². The summed E-state index contributed by atoms with van der Waals surface area (Å²) in [4.78, 5) is 13.7. The molecule has 1 fully saturated rings. The van der Waals surface area contributed by atoms with Gasteiger partial charge in [-0.25, -0.2) is 0 Å². The number of hydrogen-bond donors (Lipinski definition) is 1. The van der Waals surface area contributed by atoms with E-state index in [4.69, 9.17) is 10.5 Å². The molecule has 1 saturated heterocycles. The number of aryl methyl sites for hydroxylation is 1. The first-order valence-corrected chi connectivity index (χ1v) is 5.73. The van der Waals surface area contributed by atoms with Gasteiger partial charge in [-0.05, 0) is 12.8 Å². The minimum Gasteiger partial charge on any atom is -0.364 e. The van der Waals surface area contributed by atoms with Crippen LogP contribution in [0.15, 0.2) is 12.4 Å². The van der Waals surface area contributed by atoms with E-state index in [2.05, 4.69) is 5.10 Å². The Bertz CT molecular complexity index is 404. The third-order valence-corrected chi connectivity index (χ3v) is 3.06. The lowest BCUT2D eigenvalue weighted by Gasteiger charge is -2.19. The highest BCUT2D eigenvalue weighted by atomic mass is 16.5. The molecule has 1 aromatic heterocycles. The zero-order valence-corrected chi connectivity index (χ0v) is 10.2. The van der Waals surface area contributed by atoms with Gasteiger partial charge in [0.2, 0.25) is 0 Å². The van der Waals surface area contributed by atoms with E-state index in [0.29, 0.717) is 6.54 Å². The van der Waals surface area contributed by atoms with Crippen molar-refractivity contribution in [1.82, 2.24) is 9.78 Å². The third kappa shape index (κ3) is 2.48. The number of amides is 1. The number of nitrogens with two attached hydrogens (primary N) is 1. The third-order valence-electron chi connectivity index (χ3n) is 3.06. The minimum atomic E-state index is -0.367. The predicted molar refractivity (Wildman–Crippen MR) is 63.6 cm³/mol. The van der Waals surface area contributed by atoms with Crippen LogP contribution in [0.3, 0.4) is 0 Å². The van der Waals surface area contributed by atoms with Crippen molar-refractivity contribution in [3.63, 3.8) is 0 Å². The van der Waals surface area contributed by atoms with Gasteiger partial charge in [0.05, 0.1) is 18.0 Å². The minimum absolute atomic E-state index is 0.0197. The molecule has 0 bridgehead atoms. The van der Waals surface area contributed by atoms with Crippen LogP contribution in [0.25, 0.3) is 0 Å². The maximum atomic E-state index is 12.1. The molecular weight excluding hydrogens is 220 g/mol. The molecule has 0 spiro atoms. The molecule has 1 aliphatic rings. The van der Waals surface area contributed by atoms with Gasteiger partial charge < -0.3 is 15.4 Å². The molecule has 2 N–H and O–H groups in total. The first kappa shape index (κ1) is 12.1. The number of likely N-dealkylation sites (N-methyl/N-ethyl adjacent to an activating group) is 1. The number of anilines is 1. The molecule has 17 heavy (non-hydrogen) atoms. The van der Waals surface area contributed by atoms with Crippen LogP contribution in [-0.4, -0.2) is 41.5 Å². The first-order valence-electron chi connectivity index (χ1n) is 5.73. The molecule has 1 aliphatic heterocycles. The highest BCUT2D eigenvalue weighted by Gasteiger charge is 2.32. The van der Waals surface area contributed by atoms with Crippen molar-refractivity contribution in [3.8, 4) is 0 Å². The van der Waals surface area contributed by atoms with Gasteiger partial charge in [-0.2, -0.15) is 5.10 Å². The molecule has 6 nitrogen and oxygen atoms in total. The number of rotatable bonds is 3. The topological polar surface area (TPSA) is 73.4 Å². The average molecular weight is 238 g/mol. The Morgan fingerprint density at radius 1 is 1.71 bits per heavy atom. The molecule has 0 aromatic carbocycles. The predicted octanol–water partition coefficient (Wildman–Crippen LogP) is -0.111. The maximum absolute atomic E-state index is 12.1. The zero-order chi connectivity index (χ0) is 12.4. The monoisotopic (exact) mass is 238 g/mol. The highest BCUT2D eigenvalue weighted by Crippen LogP contribution is 2.22. The van der Waals surface area contributed by atoms with E-state index in [-0.39, 0.29) is 18.1 Å². The summed E-state index contributed by atoms with van der Waals surface area (Å²) >= 11 is 0. The van der Waals surface area contributed by atoms with Crippen LogP contribution >= 0.6 is 0 Å². The van der Waals surface area contributed by atoms with Gasteiger partial charge in [0.25, 0.3) is 5.91 Å². The number of hydrogen-bond acceptors (Lipinski definition) is 4. The number of nitrogens with zero attached hydrogens (tertiary/aromatic N) is 3. The Labute approximate surface area is 100 Å². The summed E-state index contributed by atoms with van der Waals surface area (Å²) in [5.41, 5.74) is 6.30. The van der Waals surface area contributed by atoms with Gasteiger partial charge in [-0.15, -0.1) is 0 Å². The lowest BCUT2D eigenvalue weighted by Crippen LogP contribution is -2.37. The lowest BCUT2D eigenvalue weighted by atomic mass is 10.2. The van der Waals surface area contributed by atoms with Crippen molar-refractivity contribution >= 4 is 11.6 Å². The second-order valence-corrected chi connectivity index (χ2v) is 4.33. The molecule has 0 unspecified atom stereocenters. The van der Waals surface area contributed by atoms with Crippen LogP contribution < -0.4 is 10.6 Å². The van der Waals surface area contributed by atoms with Crippen molar-refractivity contribution in [3.05, 3.63) is 12.4 Å². The molecule has 2 rings (SSSR count). The van der Waals surface area contributed by atoms with Gasteiger partial charge in [0.1, 0.15) is 6.10 Å². The summed E-state index contributed by atoms with van der Waals surface area (Å²) in [5, 5.41) is 4.04. The fourth-order valence-electron chi connectivity index (χ4n) is 1.99. The molecule has 2 atom stereocenters. The van der Waals surface area contributed by atoms with Crippen molar-refractivity contribution < 1.29 is 9.53 Å². The normalized spacial score (nSPS) is 23.9. The van der Waals surface area contributed by atoms with E-state index < -0.39 is 0 Å². The van der Waals surface area contributed by atoms with Gasteiger partial charge in [0.15, 0.2) is 0 Å². The second-order valence-electron chi connectivity index (χ2n) is 4.33. The smallest absolute Gasteiger partial charge is 0.255 e. The molecule has 0 aliphatic carbocycles. The average Bonchev–Trinajstić information content (AvgIpc) is 2.95. The van der Waals surface area contributed by atoms with Crippen LogP contribution in [-0.2, 0) is 16.6 Å². The SMILES string of the molecule is CN(C(=O)[C@@H]1CC[C@H](CN)O1)c1cnn(C)c1.